The zero-order valence-corrected chi connectivity index (χ0v) is 12.0. The molecule has 0 radical (unpaired) electrons. The second-order valence-electron chi connectivity index (χ2n) is 5.89. The van der Waals surface area contributed by atoms with Gasteiger partial charge < -0.3 is 10.1 Å². The topological polar surface area (TPSA) is 24.5 Å². The van der Waals surface area contributed by atoms with Gasteiger partial charge in [0.25, 0.3) is 0 Å². The summed E-state index contributed by atoms with van der Waals surface area (Å²) in [6, 6.07) is 7.29. The second kappa shape index (κ2) is 5.51. The van der Waals surface area contributed by atoms with E-state index in [0.29, 0.717) is 12.0 Å². The maximum absolute atomic E-state index is 5.84. The van der Waals surface area contributed by atoms with Gasteiger partial charge in [-0.2, -0.15) is 0 Å². The lowest BCUT2D eigenvalue weighted by Crippen LogP contribution is -2.46. The minimum absolute atomic E-state index is 0.546. The molecule has 2 aliphatic heterocycles. The highest BCUT2D eigenvalue weighted by molar-refractivity contribution is 5.41. The van der Waals surface area contributed by atoms with Crippen molar-refractivity contribution in [2.75, 3.05) is 32.8 Å². The molecule has 3 nitrogen and oxygen atoms in total. The molecule has 19 heavy (non-hydrogen) atoms. The molecule has 0 amide bonds. The number of rotatable bonds is 2. The monoisotopic (exact) mass is 260 g/mol. The van der Waals surface area contributed by atoms with Gasteiger partial charge in [0.2, 0.25) is 0 Å². The predicted octanol–water partition coefficient (Wildman–Crippen LogP) is 2.54. The van der Waals surface area contributed by atoms with E-state index in [0.717, 1.165) is 45.0 Å². The van der Waals surface area contributed by atoms with Gasteiger partial charge in [0, 0.05) is 44.2 Å². The number of hydrogen-bond donors (Lipinski definition) is 1. The minimum atomic E-state index is 0.546. The van der Waals surface area contributed by atoms with Crippen molar-refractivity contribution in [2.24, 2.45) is 0 Å². The highest BCUT2D eigenvalue weighted by atomic mass is 16.5. The van der Waals surface area contributed by atoms with Crippen LogP contribution in [0.25, 0.3) is 0 Å². The molecule has 0 spiro atoms. The van der Waals surface area contributed by atoms with Gasteiger partial charge in [-0.3, -0.25) is 4.90 Å². The van der Waals surface area contributed by atoms with E-state index in [9.17, 15) is 0 Å². The summed E-state index contributed by atoms with van der Waals surface area (Å²) >= 11 is 0. The molecular formula is C16H24N2O. The van der Waals surface area contributed by atoms with E-state index in [1.165, 1.54) is 11.1 Å². The summed E-state index contributed by atoms with van der Waals surface area (Å²) in [5, 5.41) is 3.43. The first-order chi connectivity index (χ1) is 9.25. The van der Waals surface area contributed by atoms with Crippen molar-refractivity contribution in [1.29, 1.82) is 0 Å². The first-order valence-electron chi connectivity index (χ1n) is 7.47. The molecule has 1 aromatic carbocycles. The third-order valence-corrected chi connectivity index (χ3v) is 4.30. The summed E-state index contributed by atoms with van der Waals surface area (Å²) in [5.41, 5.74) is 2.82. The maximum Gasteiger partial charge on any atom is 0.124 e. The Hall–Kier alpha value is -1.06. The number of ether oxygens (including phenoxy) is 1. The van der Waals surface area contributed by atoms with Crippen LogP contribution in [0.3, 0.4) is 0 Å². The van der Waals surface area contributed by atoms with Gasteiger partial charge in [0.15, 0.2) is 0 Å². The van der Waals surface area contributed by atoms with Gasteiger partial charge in [0.1, 0.15) is 5.75 Å². The molecule has 1 N–H and O–H groups in total. The van der Waals surface area contributed by atoms with Crippen LogP contribution in [-0.2, 0) is 0 Å². The van der Waals surface area contributed by atoms with Crippen molar-refractivity contribution < 1.29 is 4.74 Å². The van der Waals surface area contributed by atoms with Crippen LogP contribution in [0.15, 0.2) is 18.2 Å². The molecule has 0 bridgehead atoms. The van der Waals surface area contributed by atoms with Gasteiger partial charge in [0.05, 0.1) is 6.61 Å². The quantitative estimate of drug-likeness (QED) is 0.884. The normalized spacial score (nSPS) is 24.1. The molecule has 3 heteroatoms. The summed E-state index contributed by atoms with van der Waals surface area (Å²) in [6.45, 7) is 9.87. The lowest BCUT2D eigenvalue weighted by atomic mass is 9.93. The second-order valence-corrected chi connectivity index (χ2v) is 5.89. The van der Waals surface area contributed by atoms with E-state index in [4.69, 9.17) is 4.74 Å². The SMILES string of the molecule is CC(C)c1ccc2c(c1)C(N1CCNCC1)CCO2. The number of fused-ring (bicyclic) bond motifs is 1. The van der Waals surface area contributed by atoms with Crippen LogP contribution in [-0.4, -0.2) is 37.7 Å². The lowest BCUT2D eigenvalue weighted by molar-refractivity contribution is 0.126. The van der Waals surface area contributed by atoms with Crippen molar-refractivity contribution >= 4 is 0 Å². The average Bonchev–Trinajstić information content (AvgIpc) is 2.47. The van der Waals surface area contributed by atoms with Crippen LogP contribution >= 0.6 is 0 Å². The fraction of sp³-hybridized carbons (Fsp3) is 0.625. The van der Waals surface area contributed by atoms with Crippen LogP contribution in [0, 0.1) is 0 Å². The molecular weight excluding hydrogens is 236 g/mol. The minimum Gasteiger partial charge on any atom is -0.493 e. The van der Waals surface area contributed by atoms with Crippen molar-refractivity contribution in [2.45, 2.75) is 32.2 Å². The predicted molar refractivity (Wildman–Crippen MR) is 77.8 cm³/mol. The summed E-state index contributed by atoms with van der Waals surface area (Å²) in [4.78, 5) is 2.61. The maximum atomic E-state index is 5.84. The number of benzene rings is 1. The molecule has 1 saturated heterocycles. The van der Waals surface area contributed by atoms with Gasteiger partial charge in [-0.25, -0.2) is 0 Å². The molecule has 2 heterocycles. The zero-order chi connectivity index (χ0) is 13.2. The largest absolute Gasteiger partial charge is 0.493 e. The number of piperazine rings is 1. The van der Waals surface area contributed by atoms with Crippen LogP contribution in [0.5, 0.6) is 5.75 Å². The lowest BCUT2D eigenvalue weighted by Gasteiger charge is -2.38. The highest BCUT2D eigenvalue weighted by Crippen LogP contribution is 2.37. The number of nitrogens with zero attached hydrogens (tertiary/aromatic N) is 1. The third kappa shape index (κ3) is 2.63. The Morgan fingerprint density at radius 2 is 2.05 bits per heavy atom. The summed E-state index contributed by atoms with van der Waals surface area (Å²) in [5.74, 6) is 1.68. The third-order valence-electron chi connectivity index (χ3n) is 4.30. The smallest absolute Gasteiger partial charge is 0.124 e. The van der Waals surface area contributed by atoms with Crippen LogP contribution in [0.2, 0.25) is 0 Å². The van der Waals surface area contributed by atoms with E-state index in [1.54, 1.807) is 0 Å². The highest BCUT2D eigenvalue weighted by Gasteiger charge is 2.28. The summed E-state index contributed by atoms with van der Waals surface area (Å²) in [6.07, 6.45) is 1.12. The summed E-state index contributed by atoms with van der Waals surface area (Å²) in [7, 11) is 0. The van der Waals surface area contributed by atoms with Crippen molar-refractivity contribution in [3.8, 4) is 5.75 Å². The zero-order valence-electron chi connectivity index (χ0n) is 12.0. The van der Waals surface area contributed by atoms with Crippen LogP contribution in [0.4, 0.5) is 0 Å². The van der Waals surface area contributed by atoms with E-state index < -0.39 is 0 Å². The molecule has 0 aromatic heterocycles. The van der Waals surface area contributed by atoms with E-state index >= 15 is 0 Å². The van der Waals surface area contributed by atoms with Crippen LogP contribution < -0.4 is 10.1 Å². The molecule has 0 aliphatic carbocycles. The van der Waals surface area contributed by atoms with E-state index in [2.05, 4.69) is 42.3 Å². The Kier molecular flexibility index (Phi) is 3.76. The molecule has 1 aromatic rings. The van der Waals surface area contributed by atoms with Gasteiger partial charge in [-0.1, -0.05) is 26.0 Å². The van der Waals surface area contributed by atoms with Crippen molar-refractivity contribution in [1.82, 2.24) is 10.2 Å². The fourth-order valence-electron chi connectivity index (χ4n) is 3.13. The molecule has 104 valence electrons. The standard InChI is InChI=1S/C16H24N2O/c1-12(2)13-3-4-16-14(11-13)15(5-10-19-16)18-8-6-17-7-9-18/h3-4,11-12,15,17H,5-10H2,1-2H3. The Labute approximate surface area is 115 Å². The van der Waals surface area contributed by atoms with Gasteiger partial charge in [-0.05, 0) is 17.5 Å². The average molecular weight is 260 g/mol. The molecule has 3 rings (SSSR count). The van der Waals surface area contributed by atoms with Crippen molar-refractivity contribution in [3.05, 3.63) is 29.3 Å². The summed E-state index contributed by atoms with van der Waals surface area (Å²) < 4.78 is 5.84. The molecule has 1 atom stereocenters. The van der Waals surface area contributed by atoms with Gasteiger partial charge >= 0.3 is 0 Å². The van der Waals surface area contributed by atoms with E-state index in [1.807, 2.05) is 0 Å². The molecule has 1 fully saturated rings. The molecule has 0 saturated carbocycles. The number of hydrogen-bond acceptors (Lipinski definition) is 3. The Morgan fingerprint density at radius 1 is 1.26 bits per heavy atom. The Morgan fingerprint density at radius 3 is 2.79 bits per heavy atom. The molecule has 2 aliphatic rings. The van der Waals surface area contributed by atoms with Gasteiger partial charge in [-0.15, -0.1) is 0 Å². The Bertz CT molecular complexity index is 438. The first-order valence-corrected chi connectivity index (χ1v) is 7.47. The van der Waals surface area contributed by atoms with E-state index in [-0.39, 0.29) is 0 Å². The molecule has 1 unspecified atom stereocenters. The number of nitrogens with one attached hydrogen (secondary N) is 1. The fourth-order valence-corrected chi connectivity index (χ4v) is 3.13. The Balaban J connectivity index is 1.90. The van der Waals surface area contributed by atoms with Crippen LogP contribution in [0.1, 0.15) is 43.4 Å². The van der Waals surface area contributed by atoms with Crippen molar-refractivity contribution in [3.63, 3.8) is 0 Å². The first kappa shape index (κ1) is 12.9.